The van der Waals surface area contributed by atoms with E-state index in [9.17, 15) is 24.9 Å². The number of hydrogen-bond acceptors (Lipinski definition) is 8. The van der Waals surface area contributed by atoms with Gasteiger partial charge in [0.15, 0.2) is 17.9 Å². The molecule has 3 aliphatic rings. The zero-order chi connectivity index (χ0) is 22.7. The topological polar surface area (TPSA) is 139 Å². The van der Waals surface area contributed by atoms with Crippen molar-refractivity contribution in [1.29, 1.82) is 0 Å². The van der Waals surface area contributed by atoms with Crippen LogP contribution < -0.4 is 5.73 Å². The number of ether oxygens (including phenoxy) is 2. The summed E-state index contributed by atoms with van der Waals surface area (Å²) in [5, 5.41) is 31.9. The maximum atomic E-state index is 13.1. The summed E-state index contributed by atoms with van der Waals surface area (Å²) in [6.07, 6.45) is -0.688. The Morgan fingerprint density at radius 3 is 2.22 bits per heavy atom. The van der Waals surface area contributed by atoms with Gasteiger partial charge >= 0.3 is 0 Å². The minimum Gasteiger partial charge on any atom is -0.507 e. The van der Waals surface area contributed by atoms with Crippen LogP contribution in [-0.4, -0.2) is 57.5 Å². The molecular formula is C24H25NO7. The van der Waals surface area contributed by atoms with Crippen molar-refractivity contribution in [3.8, 4) is 11.5 Å². The van der Waals surface area contributed by atoms with E-state index < -0.39 is 36.1 Å². The predicted molar refractivity (Wildman–Crippen MR) is 113 cm³/mol. The summed E-state index contributed by atoms with van der Waals surface area (Å²) >= 11 is 0. The molecule has 5 rings (SSSR count). The van der Waals surface area contributed by atoms with Gasteiger partial charge in [-0.3, -0.25) is 9.59 Å². The van der Waals surface area contributed by atoms with Crippen LogP contribution in [0.3, 0.4) is 0 Å². The molecule has 1 heterocycles. The lowest BCUT2D eigenvalue weighted by Gasteiger charge is -2.38. The Morgan fingerprint density at radius 2 is 1.62 bits per heavy atom. The number of aromatic hydroxyl groups is 2. The second-order valence-corrected chi connectivity index (χ2v) is 8.77. The molecule has 0 unspecified atom stereocenters. The van der Waals surface area contributed by atoms with Gasteiger partial charge in [-0.15, -0.1) is 0 Å². The lowest BCUT2D eigenvalue weighted by atomic mass is 9.77. The number of phenolic OH excluding ortho intramolecular Hbond substituents is 2. The number of aliphatic hydroxyl groups excluding tert-OH is 1. The fraction of sp³-hybridized carbons (Fsp3) is 0.417. The number of carbonyl (C=O) groups excluding carboxylic acids is 2. The number of ketones is 2. The van der Waals surface area contributed by atoms with Crippen LogP contribution in [0.5, 0.6) is 11.5 Å². The van der Waals surface area contributed by atoms with Crippen molar-refractivity contribution >= 4 is 11.6 Å². The van der Waals surface area contributed by atoms with Gasteiger partial charge in [-0.2, -0.15) is 0 Å². The summed E-state index contributed by atoms with van der Waals surface area (Å²) in [6, 6.07) is 5.93. The highest BCUT2D eigenvalue weighted by molar-refractivity contribution is 6.30. The Balaban J connectivity index is 1.47. The van der Waals surface area contributed by atoms with E-state index in [0.29, 0.717) is 30.4 Å². The molecular weight excluding hydrogens is 414 g/mol. The number of fused-ring (bicyclic) bond motifs is 3. The monoisotopic (exact) mass is 439 g/mol. The minimum absolute atomic E-state index is 0.131. The minimum atomic E-state index is -0.763. The molecule has 32 heavy (non-hydrogen) atoms. The first-order valence-electron chi connectivity index (χ1n) is 10.8. The van der Waals surface area contributed by atoms with Gasteiger partial charge < -0.3 is 30.5 Å². The Labute approximate surface area is 184 Å². The number of phenols is 2. The first-order chi connectivity index (χ1) is 15.3. The summed E-state index contributed by atoms with van der Waals surface area (Å²) in [6.45, 7) is 1.73. The van der Waals surface area contributed by atoms with Crippen molar-refractivity contribution < 1.29 is 34.4 Å². The molecule has 0 saturated carbocycles. The number of hydrogen-bond donors (Lipinski definition) is 4. The summed E-state index contributed by atoms with van der Waals surface area (Å²) < 4.78 is 11.8. The van der Waals surface area contributed by atoms with Gasteiger partial charge in [0, 0.05) is 41.1 Å². The van der Waals surface area contributed by atoms with E-state index in [1.54, 1.807) is 31.2 Å². The molecule has 1 fully saturated rings. The standard InChI is InChI=1S/C24H25NO7/c1-10-20(26)16(25)9-17(31-10)32-11-6-7-14-15(8-11)24(30)19-18(23(14)29)21(27)12-4-2-3-5-13(12)22(19)28/h2-5,10-11,16-17,20,26,29-30H,6-9,25H2,1H3/t10-,11+,16+,17-,20+/m0/s1. The lowest BCUT2D eigenvalue weighted by Crippen LogP contribution is -2.52. The molecule has 2 aromatic carbocycles. The molecule has 1 aliphatic heterocycles. The largest absolute Gasteiger partial charge is 0.507 e. The normalized spacial score (nSPS) is 29.3. The molecule has 168 valence electrons. The van der Waals surface area contributed by atoms with E-state index >= 15 is 0 Å². The van der Waals surface area contributed by atoms with Gasteiger partial charge in [0.25, 0.3) is 0 Å². The number of benzene rings is 2. The van der Waals surface area contributed by atoms with Crippen molar-refractivity contribution in [2.45, 2.75) is 63.3 Å². The maximum absolute atomic E-state index is 13.1. The molecule has 0 aromatic heterocycles. The van der Waals surface area contributed by atoms with Gasteiger partial charge in [0.05, 0.1) is 29.4 Å². The molecule has 2 aromatic rings. The third-order valence-electron chi connectivity index (χ3n) is 6.77. The molecule has 0 bridgehead atoms. The summed E-state index contributed by atoms with van der Waals surface area (Å²) in [5.74, 6) is -1.48. The SMILES string of the molecule is C[C@@H]1O[C@@H](O[C@@H]2CCc3c(O)c4c(c(O)c3C2)C(=O)c2ccccc2C4=O)C[C@@H](N)[C@@H]1O. The van der Waals surface area contributed by atoms with Crippen LogP contribution in [0.15, 0.2) is 24.3 Å². The zero-order valence-electron chi connectivity index (χ0n) is 17.6. The lowest BCUT2D eigenvalue weighted by molar-refractivity contribution is -0.239. The molecule has 0 radical (unpaired) electrons. The van der Waals surface area contributed by atoms with Crippen LogP contribution in [0.4, 0.5) is 0 Å². The Morgan fingerprint density at radius 1 is 1.03 bits per heavy atom. The summed E-state index contributed by atoms with van der Waals surface area (Å²) in [7, 11) is 0. The smallest absolute Gasteiger partial charge is 0.198 e. The number of nitrogens with two attached hydrogens (primary N) is 1. The average molecular weight is 439 g/mol. The third kappa shape index (κ3) is 3.14. The summed E-state index contributed by atoms with van der Waals surface area (Å²) in [4.78, 5) is 26.1. The third-order valence-corrected chi connectivity index (χ3v) is 6.77. The van der Waals surface area contributed by atoms with Crippen LogP contribution >= 0.6 is 0 Å². The zero-order valence-corrected chi connectivity index (χ0v) is 17.6. The highest BCUT2D eigenvalue weighted by Gasteiger charge is 2.40. The molecule has 8 heteroatoms. The van der Waals surface area contributed by atoms with Crippen molar-refractivity contribution in [3.05, 3.63) is 57.6 Å². The van der Waals surface area contributed by atoms with Crippen molar-refractivity contribution in [2.75, 3.05) is 0 Å². The molecule has 8 nitrogen and oxygen atoms in total. The van der Waals surface area contributed by atoms with Gasteiger partial charge in [-0.1, -0.05) is 24.3 Å². The molecule has 2 aliphatic carbocycles. The molecule has 1 saturated heterocycles. The first kappa shape index (κ1) is 21.1. The van der Waals surface area contributed by atoms with E-state index in [1.165, 1.54) is 0 Å². The fourth-order valence-corrected chi connectivity index (χ4v) is 5.04. The average Bonchev–Trinajstić information content (AvgIpc) is 2.78. The van der Waals surface area contributed by atoms with E-state index in [-0.39, 0.29) is 46.3 Å². The Hall–Kier alpha value is -2.78. The molecule has 5 atom stereocenters. The van der Waals surface area contributed by atoms with E-state index in [2.05, 4.69) is 0 Å². The fourth-order valence-electron chi connectivity index (χ4n) is 5.04. The van der Waals surface area contributed by atoms with E-state index in [4.69, 9.17) is 15.2 Å². The van der Waals surface area contributed by atoms with Gasteiger partial charge in [-0.05, 0) is 19.8 Å². The highest BCUT2D eigenvalue weighted by atomic mass is 16.7. The van der Waals surface area contributed by atoms with Crippen molar-refractivity contribution in [1.82, 2.24) is 0 Å². The van der Waals surface area contributed by atoms with Crippen LogP contribution in [0.1, 0.15) is 62.7 Å². The predicted octanol–water partition coefficient (Wildman–Crippen LogP) is 1.57. The quantitative estimate of drug-likeness (QED) is 0.441. The maximum Gasteiger partial charge on any atom is 0.198 e. The van der Waals surface area contributed by atoms with Crippen molar-refractivity contribution in [3.63, 3.8) is 0 Å². The molecule has 0 amide bonds. The van der Waals surface area contributed by atoms with Crippen LogP contribution in [0.25, 0.3) is 0 Å². The van der Waals surface area contributed by atoms with Gasteiger partial charge in [-0.25, -0.2) is 0 Å². The van der Waals surface area contributed by atoms with Crippen LogP contribution in [-0.2, 0) is 22.3 Å². The number of carbonyl (C=O) groups is 2. The van der Waals surface area contributed by atoms with Crippen molar-refractivity contribution in [2.24, 2.45) is 5.73 Å². The second-order valence-electron chi connectivity index (χ2n) is 8.77. The number of aliphatic hydroxyl groups is 1. The number of rotatable bonds is 2. The molecule has 5 N–H and O–H groups in total. The van der Waals surface area contributed by atoms with E-state index in [1.807, 2.05) is 0 Å². The first-order valence-corrected chi connectivity index (χ1v) is 10.8. The Bertz CT molecular complexity index is 1120. The van der Waals surface area contributed by atoms with Gasteiger partial charge in [0.1, 0.15) is 11.5 Å². The van der Waals surface area contributed by atoms with Crippen LogP contribution in [0, 0.1) is 0 Å². The van der Waals surface area contributed by atoms with E-state index in [0.717, 1.165) is 0 Å². The van der Waals surface area contributed by atoms with Gasteiger partial charge in [0.2, 0.25) is 0 Å². The Kier molecular flexibility index (Phi) is 5.05. The second kappa shape index (κ2) is 7.67. The highest BCUT2D eigenvalue weighted by Crippen LogP contribution is 2.46. The molecule has 0 spiro atoms. The van der Waals surface area contributed by atoms with Crippen LogP contribution in [0.2, 0.25) is 0 Å². The summed E-state index contributed by atoms with van der Waals surface area (Å²) in [5.41, 5.74) is 6.99.